The van der Waals surface area contributed by atoms with Crippen molar-refractivity contribution >= 4 is 36.7 Å². The summed E-state index contributed by atoms with van der Waals surface area (Å²) in [5.41, 5.74) is 0. The maximum absolute atomic E-state index is 2.33. The molecule has 0 aliphatic carbocycles. The fourth-order valence-electron chi connectivity index (χ4n) is 1.32. The molecule has 1 rings (SSSR count). The van der Waals surface area contributed by atoms with E-state index >= 15 is 0 Å². The van der Waals surface area contributed by atoms with Crippen molar-refractivity contribution in [2.45, 2.75) is 39.5 Å². The van der Waals surface area contributed by atoms with Crippen molar-refractivity contribution in [3.63, 3.8) is 0 Å². The van der Waals surface area contributed by atoms with Crippen molar-refractivity contribution in [1.82, 2.24) is 0 Å². The van der Waals surface area contributed by atoms with Crippen LogP contribution < -0.4 is 4.35 Å². The predicted octanol–water partition coefficient (Wildman–Crippen LogP) is 4.45. The monoisotopic (exact) mass is 330 g/mol. The molecule has 0 atom stereocenters. The van der Waals surface area contributed by atoms with Gasteiger partial charge in [-0.2, -0.15) is 0 Å². The first-order valence-corrected chi connectivity index (χ1v) is 13.9. The van der Waals surface area contributed by atoms with Crippen LogP contribution in [0.2, 0.25) is 0 Å². The molecule has 0 unspecified atom stereocenters. The number of benzene rings is 1. The molecule has 0 radical (unpaired) electrons. The van der Waals surface area contributed by atoms with Crippen LogP contribution in [0.4, 0.5) is 0 Å². The molecule has 1 aromatic rings. The van der Waals surface area contributed by atoms with Gasteiger partial charge in [-0.25, -0.2) is 0 Å². The van der Waals surface area contributed by atoms with E-state index in [1.807, 2.05) is 0 Å². The standard InChI is InChI=1S/C14H23AsS2/c1-3-5-12-16-15(17-13-6-4-2)14-10-8-7-9-11-14/h7-11H,3-6,12-13H2,1-2H3. The zero-order valence-corrected chi connectivity index (χ0v) is 14.4. The summed E-state index contributed by atoms with van der Waals surface area (Å²) in [5.74, 6) is 2.70. The number of hydrogen-bond donors (Lipinski definition) is 0. The van der Waals surface area contributed by atoms with Crippen molar-refractivity contribution < 1.29 is 0 Å². The van der Waals surface area contributed by atoms with Crippen LogP contribution in [0, 0.1) is 0 Å². The van der Waals surface area contributed by atoms with Crippen LogP contribution in [-0.4, -0.2) is 23.8 Å². The molecule has 0 saturated heterocycles. The average molecular weight is 330 g/mol. The normalized spacial score (nSPS) is 11.0. The molecule has 17 heavy (non-hydrogen) atoms. The van der Waals surface area contributed by atoms with Gasteiger partial charge in [0.1, 0.15) is 0 Å². The van der Waals surface area contributed by atoms with E-state index in [0.29, 0.717) is 0 Å². The average Bonchev–Trinajstić information content (AvgIpc) is 2.38. The van der Waals surface area contributed by atoms with E-state index in [9.17, 15) is 0 Å². The molecule has 0 aromatic heterocycles. The van der Waals surface area contributed by atoms with Crippen molar-refractivity contribution in [3.05, 3.63) is 30.3 Å². The van der Waals surface area contributed by atoms with Crippen molar-refractivity contribution in [3.8, 4) is 0 Å². The van der Waals surface area contributed by atoms with E-state index in [1.54, 1.807) is 4.35 Å². The minimum absolute atomic E-state index is 0.895. The van der Waals surface area contributed by atoms with Gasteiger partial charge in [-0.15, -0.1) is 0 Å². The Bertz CT molecular complexity index is 267. The molecule has 0 saturated carbocycles. The topological polar surface area (TPSA) is 0 Å². The van der Waals surface area contributed by atoms with Crippen LogP contribution in [0.15, 0.2) is 30.3 Å². The van der Waals surface area contributed by atoms with E-state index in [4.69, 9.17) is 0 Å². The van der Waals surface area contributed by atoms with Crippen molar-refractivity contribution in [2.75, 3.05) is 11.5 Å². The van der Waals surface area contributed by atoms with Crippen LogP contribution >= 0.6 is 20.0 Å². The van der Waals surface area contributed by atoms with E-state index in [-0.39, 0.29) is 0 Å². The number of hydrogen-bond acceptors (Lipinski definition) is 2. The SMILES string of the molecule is CCCCS[As](SCCCC)c1ccccc1. The Hall–Kier alpha value is 0.478. The van der Waals surface area contributed by atoms with Crippen molar-refractivity contribution in [1.29, 1.82) is 0 Å². The Kier molecular flexibility index (Phi) is 9.51. The van der Waals surface area contributed by atoms with Crippen LogP contribution in [0.5, 0.6) is 0 Å². The molecule has 0 heterocycles. The Morgan fingerprint density at radius 1 is 0.882 bits per heavy atom. The molecule has 0 aliphatic rings. The molecule has 0 amide bonds. The molecular formula is C14H23AsS2. The third-order valence-corrected chi connectivity index (χ3v) is 16.0. The van der Waals surface area contributed by atoms with Gasteiger partial charge in [0, 0.05) is 0 Å². The Labute approximate surface area is 118 Å². The van der Waals surface area contributed by atoms with Gasteiger partial charge in [-0.1, -0.05) is 0 Å². The predicted molar refractivity (Wildman–Crippen MR) is 86.6 cm³/mol. The quantitative estimate of drug-likeness (QED) is 0.485. The maximum atomic E-state index is 2.33. The molecule has 0 nitrogen and oxygen atoms in total. The van der Waals surface area contributed by atoms with Gasteiger partial charge < -0.3 is 0 Å². The zero-order valence-electron chi connectivity index (χ0n) is 10.9. The van der Waals surface area contributed by atoms with E-state index in [1.165, 1.54) is 37.2 Å². The van der Waals surface area contributed by atoms with Crippen LogP contribution in [0.1, 0.15) is 39.5 Å². The summed E-state index contributed by atoms with van der Waals surface area (Å²) in [7, 11) is 4.52. The van der Waals surface area contributed by atoms with Gasteiger partial charge in [0.2, 0.25) is 0 Å². The molecule has 0 bridgehead atoms. The first-order valence-electron chi connectivity index (χ1n) is 6.49. The van der Waals surface area contributed by atoms with Gasteiger partial charge in [-0.05, 0) is 0 Å². The van der Waals surface area contributed by atoms with Crippen LogP contribution in [0.25, 0.3) is 0 Å². The summed E-state index contributed by atoms with van der Waals surface area (Å²) in [5, 5.41) is 0. The molecule has 3 heteroatoms. The molecule has 0 N–H and O–H groups in total. The van der Waals surface area contributed by atoms with Crippen molar-refractivity contribution in [2.24, 2.45) is 0 Å². The first-order chi connectivity index (χ1) is 8.38. The third-order valence-electron chi connectivity index (χ3n) is 2.38. The first kappa shape index (κ1) is 15.5. The fraction of sp³-hybridized carbons (Fsp3) is 0.571. The minimum atomic E-state index is -0.895. The summed E-state index contributed by atoms with van der Waals surface area (Å²) >= 11 is -0.895. The Morgan fingerprint density at radius 3 is 1.88 bits per heavy atom. The molecule has 1 aromatic carbocycles. The summed E-state index contributed by atoms with van der Waals surface area (Å²) in [6, 6.07) is 11.2. The number of unbranched alkanes of at least 4 members (excludes halogenated alkanes) is 2. The third kappa shape index (κ3) is 6.84. The van der Waals surface area contributed by atoms with E-state index < -0.39 is 12.3 Å². The second-order valence-electron chi connectivity index (χ2n) is 3.97. The summed E-state index contributed by atoms with van der Waals surface area (Å²) < 4.78 is 1.63. The fourth-order valence-corrected chi connectivity index (χ4v) is 14.5. The van der Waals surface area contributed by atoms with Crippen LogP contribution in [-0.2, 0) is 0 Å². The summed E-state index contributed by atoms with van der Waals surface area (Å²) in [6.45, 7) is 4.56. The van der Waals surface area contributed by atoms with Gasteiger partial charge in [0.25, 0.3) is 0 Å². The Balaban J connectivity index is 2.46. The summed E-state index contributed by atoms with van der Waals surface area (Å²) in [6.07, 6.45) is 5.39. The second-order valence-corrected chi connectivity index (χ2v) is 15.7. The molecule has 96 valence electrons. The zero-order chi connectivity index (χ0) is 12.3. The number of rotatable bonds is 9. The Morgan fingerprint density at radius 2 is 1.41 bits per heavy atom. The molecular weight excluding hydrogens is 307 g/mol. The molecule has 0 spiro atoms. The van der Waals surface area contributed by atoms with Gasteiger partial charge in [0.05, 0.1) is 0 Å². The van der Waals surface area contributed by atoms with Gasteiger partial charge in [0.15, 0.2) is 0 Å². The second kappa shape index (κ2) is 10.4. The van der Waals surface area contributed by atoms with Gasteiger partial charge >= 0.3 is 118 Å². The van der Waals surface area contributed by atoms with E-state index in [0.717, 1.165) is 0 Å². The van der Waals surface area contributed by atoms with Crippen LogP contribution in [0.3, 0.4) is 0 Å². The summed E-state index contributed by atoms with van der Waals surface area (Å²) in [4.78, 5) is 0. The van der Waals surface area contributed by atoms with Gasteiger partial charge in [-0.3, -0.25) is 0 Å². The molecule has 0 aliphatic heterocycles. The molecule has 0 fully saturated rings. The van der Waals surface area contributed by atoms with E-state index in [2.05, 4.69) is 64.2 Å².